The largest absolute Gasteiger partial charge is 0.454 e. The Labute approximate surface area is 160 Å². The van der Waals surface area contributed by atoms with E-state index in [-0.39, 0.29) is 49.8 Å². The van der Waals surface area contributed by atoms with Crippen molar-refractivity contribution in [3.05, 3.63) is 12.1 Å². The van der Waals surface area contributed by atoms with Crippen LogP contribution in [0.25, 0.3) is 0 Å². The highest BCUT2D eigenvalue weighted by atomic mass is 35.5. The molecule has 5 rings (SSSR count). The van der Waals surface area contributed by atoms with Gasteiger partial charge < -0.3 is 25.3 Å². The average molecular weight is 396 g/mol. The lowest BCUT2D eigenvalue weighted by atomic mass is 9.81. The van der Waals surface area contributed by atoms with Crippen LogP contribution in [0.1, 0.15) is 12.8 Å². The third kappa shape index (κ3) is 2.61. The number of carbonyl (C=O) groups excluding carboxylic acids is 3. The number of ether oxygens (including phenoxy) is 3. The van der Waals surface area contributed by atoms with Gasteiger partial charge in [0.25, 0.3) is 0 Å². The molecule has 1 aromatic carbocycles. The number of nitrogens with zero attached hydrogens (tertiary/aromatic N) is 1. The van der Waals surface area contributed by atoms with Gasteiger partial charge in [-0.3, -0.25) is 19.3 Å². The van der Waals surface area contributed by atoms with Crippen LogP contribution in [0.3, 0.4) is 0 Å². The van der Waals surface area contributed by atoms with Crippen LogP contribution in [0.5, 0.6) is 11.5 Å². The zero-order valence-corrected chi connectivity index (χ0v) is 15.0. The molecule has 4 aliphatic heterocycles. The van der Waals surface area contributed by atoms with E-state index in [2.05, 4.69) is 5.32 Å². The van der Waals surface area contributed by atoms with Crippen molar-refractivity contribution >= 4 is 41.5 Å². The summed E-state index contributed by atoms with van der Waals surface area (Å²) in [5, 5.41) is 2.63. The third-order valence-corrected chi connectivity index (χ3v) is 5.50. The molecule has 0 saturated carbocycles. The Kier molecular flexibility index (Phi) is 4.15. The number of carbonyl (C=O) groups is 3. The van der Waals surface area contributed by atoms with Gasteiger partial charge in [0.2, 0.25) is 24.5 Å². The number of rotatable bonds is 3. The SMILES string of the molecule is Cl.Nc1cc2c(cc1NC(=O)CN1C(=O)C3C4CCC(O4)C3C1=O)OCO2. The molecule has 4 atom stereocenters. The van der Waals surface area contributed by atoms with Gasteiger partial charge >= 0.3 is 0 Å². The minimum absolute atomic E-state index is 0. The lowest BCUT2D eigenvalue weighted by Gasteiger charge is -2.17. The number of halogens is 1. The van der Waals surface area contributed by atoms with Gasteiger partial charge in [0, 0.05) is 12.1 Å². The number of amides is 3. The van der Waals surface area contributed by atoms with Crippen LogP contribution in [-0.2, 0) is 19.1 Å². The molecule has 2 bridgehead atoms. The van der Waals surface area contributed by atoms with Crippen LogP contribution in [0.15, 0.2) is 12.1 Å². The summed E-state index contributed by atoms with van der Waals surface area (Å²) in [6, 6.07) is 3.12. The van der Waals surface area contributed by atoms with Gasteiger partial charge in [-0.25, -0.2) is 0 Å². The maximum Gasteiger partial charge on any atom is 0.244 e. The Morgan fingerprint density at radius 3 is 2.33 bits per heavy atom. The van der Waals surface area contributed by atoms with E-state index >= 15 is 0 Å². The number of imide groups is 1. The number of fused-ring (bicyclic) bond motifs is 6. The molecule has 0 radical (unpaired) electrons. The lowest BCUT2D eigenvalue weighted by molar-refractivity contribution is -0.145. The first kappa shape index (κ1) is 17.9. The summed E-state index contributed by atoms with van der Waals surface area (Å²) in [4.78, 5) is 38.6. The second kappa shape index (κ2) is 6.28. The molecule has 10 heteroatoms. The highest BCUT2D eigenvalue weighted by Crippen LogP contribution is 2.48. The van der Waals surface area contributed by atoms with E-state index in [4.69, 9.17) is 19.9 Å². The van der Waals surface area contributed by atoms with Crippen molar-refractivity contribution in [2.75, 3.05) is 24.4 Å². The summed E-state index contributed by atoms with van der Waals surface area (Å²) in [6.07, 6.45) is 1.19. The van der Waals surface area contributed by atoms with Crippen LogP contribution in [0.2, 0.25) is 0 Å². The quantitative estimate of drug-likeness (QED) is 0.565. The van der Waals surface area contributed by atoms with Crippen LogP contribution in [0, 0.1) is 11.8 Å². The van der Waals surface area contributed by atoms with Crippen molar-refractivity contribution in [2.24, 2.45) is 11.8 Å². The van der Waals surface area contributed by atoms with Gasteiger partial charge in [-0.05, 0) is 12.8 Å². The zero-order valence-electron chi connectivity index (χ0n) is 14.2. The first-order chi connectivity index (χ1) is 12.5. The maximum atomic E-state index is 12.6. The molecule has 4 unspecified atom stereocenters. The van der Waals surface area contributed by atoms with Crippen LogP contribution in [-0.4, -0.2) is 48.2 Å². The van der Waals surface area contributed by atoms with Crippen molar-refractivity contribution < 1.29 is 28.6 Å². The molecule has 144 valence electrons. The standard InChI is InChI=1S/C17H17N3O6.ClH/c18-7-3-11-12(25-6-24-11)4-8(7)19-13(21)5-20-16(22)14-9-1-2-10(26-9)15(14)17(20)23;/h3-4,9-10,14-15H,1-2,5-6,18H2,(H,19,21);1H. The second-order valence-corrected chi connectivity index (χ2v) is 6.95. The molecule has 9 nitrogen and oxygen atoms in total. The van der Waals surface area contributed by atoms with E-state index in [0.29, 0.717) is 22.9 Å². The van der Waals surface area contributed by atoms with E-state index < -0.39 is 17.7 Å². The zero-order chi connectivity index (χ0) is 18.0. The summed E-state index contributed by atoms with van der Waals surface area (Å²) in [5.41, 5.74) is 6.57. The Morgan fingerprint density at radius 1 is 1.11 bits per heavy atom. The van der Waals surface area contributed by atoms with Crippen LogP contribution < -0.4 is 20.5 Å². The molecule has 3 N–H and O–H groups in total. The molecule has 4 heterocycles. The number of nitrogens with two attached hydrogens (primary N) is 1. The van der Waals surface area contributed by atoms with Crippen LogP contribution >= 0.6 is 12.4 Å². The van der Waals surface area contributed by atoms with E-state index in [9.17, 15) is 14.4 Å². The van der Waals surface area contributed by atoms with Crippen LogP contribution in [0.4, 0.5) is 11.4 Å². The number of nitrogens with one attached hydrogen (secondary N) is 1. The lowest BCUT2D eigenvalue weighted by Crippen LogP contribution is -2.40. The molecular formula is C17H18ClN3O6. The predicted octanol–water partition coefficient (Wildman–Crippen LogP) is 0.520. The molecule has 3 fully saturated rings. The Bertz CT molecular complexity index is 818. The molecule has 27 heavy (non-hydrogen) atoms. The van der Waals surface area contributed by atoms with Gasteiger partial charge in [-0.1, -0.05) is 0 Å². The minimum atomic E-state index is -0.495. The summed E-state index contributed by atoms with van der Waals surface area (Å²) in [7, 11) is 0. The fourth-order valence-corrected chi connectivity index (χ4v) is 4.33. The molecule has 3 amide bonds. The Morgan fingerprint density at radius 2 is 1.70 bits per heavy atom. The van der Waals surface area contributed by atoms with Gasteiger partial charge in [0.15, 0.2) is 11.5 Å². The summed E-state index contributed by atoms with van der Waals surface area (Å²) in [5.74, 6) is -1.03. The molecule has 0 spiro atoms. The number of nitrogen functional groups attached to an aromatic ring is 1. The molecule has 0 aliphatic carbocycles. The monoisotopic (exact) mass is 395 g/mol. The Balaban J connectivity index is 0.00000180. The van der Waals surface area contributed by atoms with E-state index in [1.54, 1.807) is 12.1 Å². The fraction of sp³-hybridized carbons (Fsp3) is 0.471. The van der Waals surface area contributed by atoms with E-state index in [1.165, 1.54) is 0 Å². The number of hydrogen-bond acceptors (Lipinski definition) is 7. The summed E-state index contributed by atoms with van der Waals surface area (Å²) in [6.45, 7) is -0.242. The molecule has 4 aliphatic rings. The normalized spacial score (nSPS) is 29.7. The molecule has 0 aromatic heterocycles. The van der Waals surface area contributed by atoms with Crippen molar-refractivity contribution in [3.63, 3.8) is 0 Å². The topological polar surface area (TPSA) is 120 Å². The second-order valence-electron chi connectivity index (χ2n) is 6.95. The number of hydrogen-bond donors (Lipinski definition) is 2. The summed E-state index contributed by atoms with van der Waals surface area (Å²) < 4.78 is 16.2. The van der Waals surface area contributed by atoms with Crippen molar-refractivity contribution in [3.8, 4) is 11.5 Å². The van der Waals surface area contributed by atoms with Gasteiger partial charge in [0.05, 0.1) is 35.4 Å². The molecular weight excluding hydrogens is 378 g/mol. The van der Waals surface area contributed by atoms with Crippen molar-refractivity contribution in [1.29, 1.82) is 0 Å². The highest BCUT2D eigenvalue weighted by Gasteiger charge is 2.62. The maximum absolute atomic E-state index is 12.6. The third-order valence-electron chi connectivity index (χ3n) is 5.50. The van der Waals surface area contributed by atoms with Gasteiger partial charge in [0.1, 0.15) is 6.54 Å². The average Bonchev–Trinajstić information content (AvgIpc) is 3.36. The van der Waals surface area contributed by atoms with E-state index in [0.717, 1.165) is 17.7 Å². The van der Waals surface area contributed by atoms with Gasteiger partial charge in [-0.15, -0.1) is 12.4 Å². The molecule has 1 aromatic rings. The van der Waals surface area contributed by atoms with Crippen molar-refractivity contribution in [2.45, 2.75) is 25.0 Å². The highest BCUT2D eigenvalue weighted by molar-refractivity contribution is 6.09. The Hall–Kier alpha value is -2.52. The smallest absolute Gasteiger partial charge is 0.244 e. The first-order valence-corrected chi connectivity index (χ1v) is 8.52. The molecule has 3 saturated heterocycles. The first-order valence-electron chi connectivity index (χ1n) is 8.52. The number of likely N-dealkylation sites (tertiary alicyclic amines) is 1. The fourth-order valence-electron chi connectivity index (χ4n) is 4.33. The van der Waals surface area contributed by atoms with E-state index in [1.807, 2.05) is 0 Å². The summed E-state index contributed by atoms with van der Waals surface area (Å²) >= 11 is 0. The number of anilines is 2. The minimum Gasteiger partial charge on any atom is -0.454 e. The number of benzene rings is 1. The predicted molar refractivity (Wildman–Crippen MR) is 94.5 cm³/mol. The van der Waals surface area contributed by atoms with Crippen molar-refractivity contribution in [1.82, 2.24) is 4.90 Å². The van der Waals surface area contributed by atoms with Gasteiger partial charge in [-0.2, -0.15) is 0 Å².